The molecule has 0 saturated carbocycles. The van der Waals surface area contributed by atoms with Crippen LogP contribution >= 0.6 is 0 Å². The Kier molecular flexibility index (Phi) is 14.8. The van der Waals surface area contributed by atoms with Crippen molar-refractivity contribution in [3.8, 4) is 33.6 Å². The summed E-state index contributed by atoms with van der Waals surface area (Å²) in [7, 11) is 0. The van der Waals surface area contributed by atoms with Crippen LogP contribution in [0.4, 0.5) is 0 Å². The zero-order valence-electron chi connectivity index (χ0n) is 43.3. The van der Waals surface area contributed by atoms with Gasteiger partial charge in [-0.3, -0.25) is 5.32 Å². The van der Waals surface area contributed by atoms with E-state index in [1.54, 1.807) is 18.2 Å². The van der Waals surface area contributed by atoms with Gasteiger partial charge in [-0.25, -0.2) is 0 Å². The van der Waals surface area contributed by atoms with E-state index >= 15 is 0 Å². The molecule has 0 fully saturated rings. The van der Waals surface area contributed by atoms with Crippen LogP contribution in [0.1, 0.15) is 50.9 Å². The monoisotopic (exact) mass is 973 g/mol. The minimum absolute atomic E-state index is 0.00833. The first kappa shape index (κ1) is 49.6. The van der Waals surface area contributed by atoms with E-state index in [-0.39, 0.29) is 12.2 Å². The van der Waals surface area contributed by atoms with E-state index in [1.165, 1.54) is 99.0 Å². The van der Waals surface area contributed by atoms with E-state index in [9.17, 15) is 0 Å². The molecule has 75 heavy (non-hydrogen) atoms. The Morgan fingerprint density at radius 3 is 1.67 bits per heavy atom. The maximum Gasteiger partial charge on any atom is 0.104 e. The van der Waals surface area contributed by atoms with Crippen molar-refractivity contribution < 1.29 is 0 Å². The lowest BCUT2D eigenvalue weighted by atomic mass is 9.89. The van der Waals surface area contributed by atoms with Crippen molar-refractivity contribution in [3.63, 3.8) is 0 Å². The molecule has 2 aliphatic rings. The van der Waals surface area contributed by atoms with Crippen molar-refractivity contribution in [1.29, 1.82) is 0 Å². The van der Waals surface area contributed by atoms with Gasteiger partial charge in [0.15, 0.2) is 0 Å². The highest BCUT2D eigenvalue weighted by molar-refractivity contribution is 6.22. The SMILES string of the molecule is C1=CC2NC(c3ccc(-n4c5ccccc5c5cc(-c6ccc7c(c6)c6c8ccccc8ccc6n7-c6ccc(-c7ccccc7)cc6)ccc54)cc3)NC(c3ccccc3)=C2CC1.C=CC(=C)C.C=CC=C.CC. The van der Waals surface area contributed by atoms with Crippen LogP contribution < -0.4 is 10.6 Å². The summed E-state index contributed by atoms with van der Waals surface area (Å²) >= 11 is 0. The summed E-state index contributed by atoms with van der Waals surface area (Å²) in [5, 5.41) is 15.3. The Hall–Kier alpha value is -8.96. The first-order valence-corrected chi connectivity index (χ1v) is 26.2. The summed E-state index contributed by atoms with van der Waals surface area (Å²) in [6.07, 6.45) is 11.8. The predicted molar refractivity (Wildman–Crippen MR) is 325 cm³/mol. The number of hydrogen-bond donors (Lipinski definition) is 2. The van der Waals surface area contributed by atoms with Crippen LogP contribution in [0, 0.1) is 0 Å². The lowest BCUT2D eigenvalue weighted by molar-refractivity contribution is 0.444. The Morgan fingerprint density at radius 2 is 1.01 bits per heavy atom. The Bertz CT molecular complexity index is 3920. The van der Waals surface area contributed by atoms with E-state index in [2.05, 4.69) is 264 Å². The highest BCUT2D eigenvalue weighted by atomic mass is 15.2. The molecule has 0 amide bonds. The molecule has 4 nitrogen and oxygen atoms in total. The second-order valence-electron chi connectivity index (χ2n) is 18.8. The highest BCUT2D eigenvalue weighted by Gasteiger charge is 2.29. The molecule has 2 unspecified atom stereocenters. The average molecular weight is 973 g/mol. The van der Waals surface area contributed by atoms with Gasteiger partial charge in [0.1, 0.15) is 6.17 Å². The van der Waals surface area contributed by atoms with Crippen LogP contribution in [0.2, 0.25) is 0 Å². The normalized spacial score (nSPS) is 14.7. The number of aromatic nitrogens is 2. The summed E-state index contributed by atoms with van der Waals surface area (Å²) in [5.41, 5.74) is 18.1. The average Bonchev–Trinajstić information content (AvgIpc) is 4.02. The molecule has 11 aromatic rings. The summed E-state index contributed by atoms with van der Waals surface area (Å²) in [5.74, 6) is 0. The third-order valence-electron chi connectivity index (χ3n) is 14.2. The molecule has 1 aliphatic carbocycles. The highest BCUT2D eigenvalue weighted by Crippen LogP contribution is 2.41. The van der Waals surface area contributed by atoms with Gasteiger partial charge < -0.3 is 14.5 Å². The molecule has 0 radical (unpaired) electrons. The fourth-order valence-corrected chi connectivity index (χ4v) is 10.6. The number of nitrogens with one attached hydrogen (secondary N) is 2. The quantitative estimate of drug-likeness (QED) is 0.118. The van der Waals surface area contributed by atoms with Crippen LogP contribution in [0.25, 0.3) is 93.7 Å². The van der Waals surface area contributed by atoms with E-state index in [4.69, 9.17) is 0 Å². The molecule has 13 rings (SSSR count). The first-order valence-electron chi connectivity index (χ1n) is 26.2. The molecule has 9 aromatic carbocycles. The Morgan fingerprint density at radius 1 is 0.507 bits per heavy atom. The second kappa shape index (κ2) is 22.4. The van der Waals surface area contributed by atoms with Crippen LogP contribution in [0.15, 0.2) is 274 Å². The van der Waals surface area contributed by atoms with E-state index < -0.39 is 0 Å². The number of nitrogens with zero attached hydrogens (tertiary/aromatic N) is 2. The Balaban J connectivity index is 0.000000536. The summed E-state index contributed by atoms with van der Waals surface area (Å²) in [6.45, 7) is 19.6. The van der Waals surface area contributed by atoms with Crippen molar-refractivity contribution in [2.75, 3.05) is 0 Å². The topological polar surface area (TPSA) is 33.9 Å². The molecule has 0 bridgehead atoms. The fraction of sp³-hybridized carbons (Fsp3) is 0.0986. The fourth-order valence-electron chi connectivity index (χ4n) is 10.6. The second-order valence-corrected chi connectivity index (χ2v) is 18.8. The zero-order chi connectivity index (χ0) is 51.8. The molecular weight excluding hydrogens is 909 g/mol. The molecule has 368 valence electrons. The van der Waals surface area contributed by atoms with Crippen molar-refractivity contribution in [2.45, 2.75) is 45.8 Å². The number of para-hydroxylation sites is 1. The van der Waals surface area contributed by atoms with Crippen molar-refractivity contribution in [2.24, 2.45) is 0 Å². The summed E-state index contributed by atoms with van der Waals surface area (Å²) < 4.78 is 4.85. The van der Waals surface area contributed by atoms with Gasteiger partial charge in [0, 0.05) is 38.6 Å². The van der Waals surface area contributed by atoms with Crippen LogP contribution in [0.3, 0.4) is 0 Å². The molecule has 3 heterocycles. The number of rotatable bonds is 8. The molecule has 1 aliphatic heterocycles. The van der Waals surface area contributed by atoms with Gasteiger partial charge in [0.2, 0.25) is 0 Å². The number of hydrogen-bond acceptors (Lipinski definition) is 2. The minimum Gasteiger partial charge on any atom is -0.365 e. The first-order chi connectivity index (χ1) is 36.9. The van der Waals surface area contributed by atoms with Gasteiger partial charge in [-0.15, -0.1) is 0 Å². The van der Waals surface area contributed by atoms with Gasteiger partial charge in [-0.05, 0) is 130 Å². The molecule has 0 saturated heterocycles. The largest absolute Gasteiger partial charge is 0.365 e. The predicted octanol–water partition coefficient (Wildman–Crippen LogP) is 18.8. The van der Waals surface area contributed by atoms with Crippen molar-refractivity contribution >= 4 is 60.1 Å². The van der Waals surface area contributed by atoms with Gasteiger partial charge in [0.05, 0.1) is 28.1 Å². The lowest BCUT2D eigenvalue weighted by Crippen LogP contribution is -2.46. The van der Waals surface area contributed by atoms with E-state index in [1.807, 2.05) is 20.8 Å². The number of fused-ring (bicyclic) bond motifs is 9. The summed E-state index contributed by atoms with van der Waals surface area (Å²) in [4.78, 5) is 0. The van der Waals surface area contributed by atoms with Crippen LogP contribution in [-0.4, -0.2) is 15.2 Å². The third kappa shape index (κ3) is 9.84. The maximum atomic E-state index is 3.89. The van der Waals surface area contributed by atoms with Crippen LogP contribution in [0.5, 0.6) is 0 Å². The molecule has 2 aromatic heterocycles. The smallest absolute Gasteiger partial charge is 0.104 e. The van der Waals surface area contributed by atoms with Gasteiger partial charge in [-0.1, -0.05) is 222 Å². The van der Waals surface area contributed by atoms with Gasteiger partial charge in [-0.2, -0.15) is 0 Å². The molecule has 4 heteroatoms. The van der Waals surface area contributed by atoms with Crippen molar-refractivity contribution in [3.05, 3.63) is 285 Å². The standard InChI is InChI=1S/C60H44N4.C5H8.C4H6.C2H6/c1-3-13-39(14-4-1)40-23-30-47(31-24-40)64-56-35-29-45(38-52(56)58-48-18-8-7-15-41(48)27-36-57(58)64)44-28-34-55-51(37-44)49-19-10-12-22-54(49)63(55)46-32-25-43(26-33-46)60-61-53-21-11-9-20-50(53)59(62-60)42-16-5-2-6-17-42;1-4-5(2)3;1-3-4-2;1-2/h1-8,10-19,21-38,53,60-62H,9,20H2;4H,1-2H2,3H3;3-4H,1-2H2;1-2H3. The molecule has 0 spiro atoms. The van der Waals surface area contributed by atoms with Gasteiger partial charge >= 0.3 is 0 Å². The lowest BCUT2D eigenvalue weighted by Gasteiger charge is -2.37. The maximum absolute atomic E-state index is 3.89. The van der Waals surface area contributed by atoms with Crippen LogP contribution in [-0.2, 0) is 0 Å². The zero-order valence-corrected chi connectivity index (χ0v) is 43.3. The minimum atomic E-state index is -0.00833. The van der Waals surface area contributed by atoms with E-state index in [0.717, 1.165) is 29.8 Å². The number of benzene rings is 9. The van der Waals surface area contributed by atoms with E-state index in [0.29, 0.717) is 0 Å². The third-order valence-corrected chi connectivity index (χ3v) is 14.2. The van der Waals surface area contributed by atoms with Gasteiger partial charge in [0.25, 0.3) is 0 Å². The molecule has 2 atom stereocenters. The molecular formula is C71H64N4. The molecule has 2 N–H and O–H groups in total. The van der Waals surface area contributed by atoms with Crippen molar-refractivity contribution in [1.82, 2.24) is 19.8 Å². The summed E-state index contributed by atoms with van der Waals surface area (Å²) in [6, 6.07) is 75.9. The number of allylic oxidation sites excluding steroid dienone is 5. The Labute approximate surface area is 442 Å².